The minimum absolute atomic E-state index is 0.135. The summed E-state index contributed by atoms with van der Waals surface area (Å²) in [6.45, 7) is 4.66. The average Bonchev–Trinajstić information content (AvgIpc) is 3.17. The van der Waals surface area contributed by atoms with Crippen molar-refractivity contribution in [2.75, 3.05) is 20.7 Å². The van der Waals surface area contributed by atoms with Crippen molar-refractivity contribution in [1.82, 2.24) is 24.6 Å². The van der Waals surface area contributed by atoms with Gasteiger partial charge < -0.3 is 14.6 Å². The number of carbonyl (C=O) groups excluding carboxylic acids is 1. The number of rotatable bonds is 7. The fourth-order valence-electron chi connectivity index (χ4n) is 3.29. The van der Waals surface area contributed by atoms with Gasteiger partial charge in [0.1, 0.15) is 11.6 Å². The second-order valence-electron chi connectivity index (χ2n) is 6.90. The van der Waals surface area contributed by atoms with Crippen molar-refractivity contribution in [1.29, 1.82) is 0 Å². The molecule has 0 radical (unpaired) electrons. The number of nitrogens with one attached hydrogen (secondary N) is 1. The molecule has 0 fully saturated rings. The highest BCUT2D eigenvalue weighted by Gasteiger charge is 2.14. The SMILES string of the molecule is COc1ccc2nc(CCN(C)C(=O)CCc3c(C)nn(C)c3C)[nH]c2c1. The topological polar surface area (TPSA) is 76.0 Å². The summed E-state index contributed by atoms with van der Waals surface area (Å²) in [5.74, 6) is 1.80. The number of carbonyl (C=O) groups is 1. The van der Waals surface area contributed by atoms with Crippen LogP contribution in [0.1, 0.15) is 29.2 Å². The van der Waals surface area contributed by atoms with Crippen LogP contribution in [-0.2, 0) is 24.7 Å². The molecule has 3 aromatic rings. The molecule has 3 rings (SSSR count). The molecule has 27 heavy (non-hydrogen) atoms. The molecule has 7 heteroatoms. The van der Waals surface area contributed by atoms with Crippen molar-refractivity contribution in [2.45, 2.75) is 33.1 Å². The van der Waals surface area contributed by atoms with Crippen LogP contribution in [0, 0.1) is 13.8 Å². The smallest absolute Gasteiger partial charge is 0.222 e. The molecule has 0 bridgehead atoms. The van der Waals surface area contributed by atoms with E-state index < -0.39 is 0 Å². The van der Waals surface area contributed by atoms with E-state index in [9.17, 15) is 4.79 Å². The van der Waals surface area contributed by atoms with Crippen molar-refractivity contribution in [3.63, 3.8) is 0 Å². The zero-order valence-electron chi connectivity index (χ0n) is 16.7. The molecular weight excluding hydrogens is 342 g/mol. The summed E-state index contributed by atoms with van der Waals surface area (Å²) in [6, 6.07) is 5.76. The molecule has 0 saturated carbocycles. The van der Waals surface area contributed by atoms with Gasteiger partial charge in [-0.25, -0.2) is 4.98 Å². The van der Waals surface area contributed by atoms with E-state index >= 15 is 0 Å². The van der Waals surface area contributed by atoms with E-state index in [0.29, 0.717) is 19.4 Å². The fourth-order valence-corrected chi connectivity index (χ4v) is 3.29. The summed E-state index contributed by atoms with van der Waals surface area (Å²) in [7, 11) is 5.42. The molecule has 2 aromatic heterocycles. The molecule has 1 amide bonds. The number of hydrogen-bond acceptors (Lipinski definition) is 4. The first-order chi connectivity index (χ1) is 12.9. The van der Waals surface area contributed by atoms with E-state index in [2.05, 4.69) is 15.1 Å². The summed E-state index contributed by atoms with van der Waals surface area (Å²) in [6.07, 6.45) is 1.89. The van der Waals surface area contributed by atoms with Crippen LogP contribution in [0.3, 0.4) is 0 Å². The average molecular weight is 369 g/mol. The minimum atomic E-state index is 0.135. The Kier molecular flexibility index (Phi) is 5.48. The molecule has 7 nitrogen and oxygen atoms in total. The third kappa shape index (κ3) is 4.13. The maximum Gasteiger partial charge on any atom is 0.222 e. The zero-order chi connectivity index (χ0) is 19.6. The van der Waals surface area contributed by atoms with Crippen LogP contribution in [0.25, 0.3) is 11.0 Å². The first kappa shape index (κ1) is 18.9. The largest absolute Gasteiger partial charge is 0.497 e. The molecular formula is C20H27N5O2. The lowest BCUT2D eigenvalue weighted by atomic mass is 10.1. The molecule has 1 aromatic carbocycles. The fraction of sp³-hybridized carbons (Fsp3) is 0.450. The summed E-state index contributed by atoms with van der Waals surface area (Å²) in [5.41, 5.74) is 5.15. The van der Waals surface area contributed by atoms with E-state index in [1.165, 1.54) is 5.56 Å². The number of likely N-dealkylation sites (N-methyl/N-ethyl adjacent to an activating group) is 1. The summed E-state index contributed by atoms with van der Waals surface area (Å²) in [5, 5.41) is 4.41. The number of hydrogen-bond donors (Lipinski definition) is 1. The molecule has 0 saturated heterocycles. The van der Waals surface area contributed by atoms with Crippen LogP contribution in [0.4, 0.5) is 0 Å². The molecule has 0 aliphatic carbocycles. The predicted octanol–water partition coefficient (Wildman–Crippen LogP) is 2.56. The molecule has 0 spiro atoms. The second-order valence-corrected chi connectivity index (χ2v) is 6.90. The summed E-state index contributed by atoms with van der Waals surface area (Å²) >= 11 is 0. The minimum Gasteiger partial charge on any atom is -0.497 e. The highest BCUT2D eigenvalue weighted by molar-refractivity contribution is 5.77. The van der Waals surface area contributed by atoms with Gasteiger partial charge in [-0.2, -0.15) is 5.10 Å². The number of benzene rings is 1. The van der Waals surface area contributed by atoms with Gasteiger partial charge in [0.15, 0.2) is 0 Å². The Balaban J connectivity index is 1.55. The monoisotopic (exact) mass is 369 g/mol. The Morgan fingerprint density at radius 1 is 1.30 bits per heavy atom. The number of amides is 1. The molecule has 0 atom stereocenters. The quantitative estimate of drug-likeness (QED) is 0.694. The molecule has 2 heterocycles. The lowest BCUT2D eigenvalue weighted by Crippen LogP contribution is -2.29. The van der Waals surface area contributed by atoms with Crippen molar-refractivity contribution >= 4 is 16.9 Å². The van der Waals surface area contributed by atoms with Gasteiger partial charge in [0.25, 0.3) is 0 Å². The summed E-state index contributed by atoms with van der Waals surface area (Å²) < 4.78 is 7.11. The van der Waals surface area contributed by atoms with Gasteiger partial charge in [-0.05, 0) is 38.0 Å². The highest BCUT2D eigenvalue weighted by Crippen LogP contribution is 2.19. The maximum absolute atomic E-state index is 12.5. The molecule has 1 N–H and O–H groups in total. The van der Waals surface area contributed by atoms with Crippen LogP contribution < -0.4 is 4.74 Å². The van der Waals surface area contributed by atoms with Gasteiger partial charge in [-0.1, -0.05) is 0 Å². The standard InChI is InChI=1S/C20H27N5O2/c1-13-16(14(2)25(4)23-13)7-9-20(26)24(3)11-10-19-21-17-8-6-15(27-5)12-18(17)22-19/h6,8,12H,7,9-11H2,1-5H3,(H,21,22). The molecule has 0 aliphatic rings. The Morgan fingerprint density at radius 3 is 2.74 bits per heavy atom. The van der Waals surface area contributed by atoms with Crippen LogP contribution in [0.5, 0.6) is 5.75 Å². The van der Waals surface area contributed by atoms with Crippen LogP contribution in [0.15, 0.2) is 18.2 Å². The Labute approximate surface area is 159 Å². The van der Waals surface area contributed by atoms with Gasteiger partial charge in [0, 0.05) is 45.2 Å². The number of imidazole rings is 1. The van der Waals surface area contributed by atoms with Crippen LogP contribution >= 0.6 is 0 Å². The lowest BCUT2D eigenvalue weighted by Gasteiger charge is -2.16. The Morgan fingerprint density at radius 2 is 2.07 bits per heavy atom. The zero-order valence-corrected chi connectivity index (χ0v) is 16.7. The number of H-pyrrole nitrogens is 1. The lowest BCUT2D eigenvalue weighted by molar-refractivity contribution is -0.129. The first-order valence-corrected chi connectivity index (χ1v) is 9.14. The second kappa shape index (κ2) is 7.82. The van der Waals surface area contributed by atoms with Crippen LogP contribution in [0.2, 0.25) is 0 Å². The van der Waals surface area contributed by atoms with Crippen LogP contribution in [-0.4, -0.2) is 51.3 Å². The Bertz CT molecular complexity index is 957. The summed E-state index contributed by atoms with van der Waals surface area (Å²) in [4.78, 5) is 22.1. The number of aromatic nitrogens is 4. The van der Waals surface area contributed by atoms with Gasteiger partial charge >= 0.3 is 0 Å². The van der Waals surface area contributed by atoms with Gasteiger partial charge in [-0.15, -0.1) is 0 Å². The van der Waals surface area contributed by atoms with E-state index in [-0.39, 0.29) is 5.91 Å². The van der Waals surface area contributed by atoms with Gasteiger partial charge in [0.2, 0.25) is 5.91 Å². The number of fused-ring (bicyclic) bond motifs is 1. The molecule has 144 valence electrons. The van der Waals surface area contributed by atoms with Crippen molar-refractivity contribution < 1.29 is 9.53 Å². The molecule has 0 unspecified atom stereocenters. The van der Waals surface area contributed by atoms with Crippen molar-refractivity contribution in [2.24, 2.45) is 7.05 Å². The third-order valence-corrected chi connectivity index (χ3v) is 5.10. The number of methoxy groups -OCH3 is 1. The third-order valence-electron chi connectivity index (χ3n) is 5.10. The van der Waals surface area contributed by atoms with Crippen molar-refractivity contribution in [3.05, 3.63) is 41.0 Å². The highest BCUT2D eigenvalue weighted by atomic mass is 16.5. The first-order valence-electron chi connectivity index (χ1n) is 9.14. The Hall–Kier alpha value is -2.83. The maximum atomic E-state index is 12.5. The number of nitrogens with zero attached hydrogens (tertiary/aromatic N) is 4. The van der Waals surface area contributed by atoms with E-state index in [1.807, 2.05) is 50.8 Å². The number of aromatic amines is 1. The van der Waals surface area contributed by atoms with E-state index in [0.717, 1.165) is 40.4 Å². The predicted molar refractivity (Wildman–Crippen MR) is 105 cm³/mol. The van der Waals surface area contributed by atoms with E-state index in [1.54, 1.807) is 12.0 Å². The van der Waals surface area contributed by atoms with Gasteiger partial charge in [0.05, 0.1) is 23.8 Å². The van der Waals surface area contributed by atoms with Gasteiger partial charge in [-0.3, -0.25) is 9.48 Å². The van der Waals surface area contributed by atoms with E-state index in [4.69, 9.17) is 4.74 Å². The number of ether oxygens (including phenoxy) is 1. The van der Waals surface area contributed by atoms with Crippen molar-refractivity contribution in [3.8, 4) is 5.75 Å². The number of aryl methyl sites for hydroxylation is 2. The molecule has 0 aliphatic heterocycles. The normalized spacial score (nSPS) is 11.1.